The minimum absolute atomic E-state index is 0.0364. The van der Waals surface area contributed by atoms with Crippen molar-refractivity contribution >= 4 is 11.9 Å². The van der Waals surface area contributed by atoms with Gasteiger partial charge in [-0.2, -0.15) is 0 Å². The molecule has 1 fully saturated rings. The van der Waals surface area contributed by atoms with Gasteiger partial charge in [0, 0.05) is 13.1 Å². The summed E-state index contributed by atoms with van der Waals surface area (Å²) in [6.07, 6.45) is 1.32. The molecule has 21 heavy (non-hydrogen) atoms. The molecule has 3 N–H and O–H groups in total. The summed E-state index contributed by atoms with van der Waals surface area (Å²) in [4.78, 5) is 25.2. The van der Waals surface area contributed by atoms with Crippen LogP contribution in [0.1, 0.15) is 36.5 Å². The Morgan fingerprint density at radius 1 is 1.24 bits per heavy atom. The van der Waals surface area contributed by atoms with Gasteiger partial charge in [0.2, 0.25) is 0 Å². The third-order valence-corrected chi connectivity index (χ3v) is 4.38. The highest BCUT2D eigenvalue weighted by atomic mass is 16.4. The van der Waals surface area contributed by atoms with Gasteiger partial charge in [0.1, 0.15) is 0 Å². The Hall–Kier alpha value is -2.24. The number of carbonyl (C=O) groups excluding carboxylic acids is 1. The lowest BCUT2D eigenvalue weighted by Crippen LogP contribution is -2.46. The highest BCUT2D eigenvalue weighted by molar-refractivity contribution is 5.97. The molecule has 0 aliphatic carbocycles. The van der Waals surface area contributed by atoms with Gasteiger partial charge >= 0.3 is 5.97 Å². The number of carboxylic acid groups (broad SMARTS) is 1. The van der Waals surface area contributed by atoms with Crippen LogP contribution in [0.4, 0.5) is 0 Å². The molecule has 0 radical (unpaired) electrons. The number of aliphatic carboxylic acids is 1. The van der Waals surface area contributed by atoms with Gasteiger partial charge in [-0.1, -0.05) is 13.0 Å². The van der Waals surface area contributed by atoms with Crippen LogP contribution in [0.2, 0.25) is 0 Å². The molecule has 0 bridgehead atoms. The molecule has 1 saturated heterocycles. The lowest BCUT2D eigenvalue weighted by Gasteiger charge is -2.38. The molecule has 1 aromatic rings. The third-order valence-electron chi connectivity index (χ3n) is 4.38. The van der Waals surface area contributed by atoms with Gasteiger partial charge in [-0.3, -0.25) is 9.59 Å². The Morgan fingerprint density at radius 3 is 2.38 bits per heavy atom. The van der Waals surface area contributed by atoms with E-state index in [0.717, 1.165) is 0 Å². The van der Waals surface area contributed by atoms with Crippen LogP contribution in [0, 0.1) is 5.41 Å². The molecule has 2 rings (SSSR count). The molecule has 0 unspecified atom stereocenters. The smallest absolute Gasteiger partial charge is 0.309 e. The zero-order chi connectivity index (χ0) is 15.6. The first-order chi connectivity index (χ1) is 9.91. The Bertz CT molecular complexity index is 561. The molecule has 114 valence electrons. The average Bonchev–Trinajstić information content (AvgIpc) is 2.49. The van der Waals surface area contributed by atoms with Crippen molar-refractivity contribution in [1.82, 2.24) is 4.90 Å². The van der Waals surface area contributed by atoms with Crippen LogP contribution in [0.15, 0.2) is 18.2 Å². The van der Waals surface area contributed by atoms with Crippen LogP contribution in [0.3, 0.4) is 0 Å². The van der Waals surface area contributed by atoms with Gasteiger partial charge in [-0.15, -0.1) is 0 Å². The number of piperidine rings is 1. The monoisotopic (exact) mass is 293 g/mol. The van der Waals surface area contributed by atoms with E-state index in [1.165, 1.54) is 23.1 Å². The molecule has 1 aliphatic rings. The van der Waals surface area contributed by atoms with E-state index in [9.17, 15) is 24.9 Å². The lowest BCUT2D eigenvalue weighted by molar-refractivity contribution is -0.152. The molecule has 6 nitrogen and oxygen atoms in total. The first-order valence-electron chi connectivity index (χ1n) is 6.95. The summed E-state index contributed by atoms with van der Waals surface area (Å²) >= 11 is 0. The van der Waals surface area contributed by atoms with Gasteiger partial charge in [0.15, 0.2) is 11.5 Å². The van der Waals surface area contributed by atoms with Crippen molar-refractivity contribution < 1.29 is 24.9 Å². The molecule has 1 aliphatic heterocycles. The number of hydrogen-bond donors (Lipinski definition) is 3. The largest absolute Gasteiger partial charge is 0.504 e. The highest BCUT2D eigenvalue weighted by Gasteiger charge is 2.41. The molecule has 6 heteroatoms. The molecular formula is C15H19NO5. The summed E-state index contributed by atoms with van der Waals surface area (Å²) in [6, 6.07) is 4.23. The van der Waals surface area contributed by atoms with E-state index in [-0.39, 0.29) is 11.3 Å². The van der Waals surface area contributed by atoms with Crippen molar-refractivity contribution in [3.63, 3.8) is 0 Å². The quantitative estimate of drug-likeness (QED) is 0.738. The van der Waals surface area contributed by atoms with E-state index in [2.05, 4.69) is 0 Å². The van der Waals surface area contributed by atoms with Crippen molar-refractivity contribution in [2.24, 2.45) is 5.41 Å². The number of likely N-dealkylation sites (tertiary alicyclic amines) is 1. The van der Waals surface area contributed by atoms with Gasteiger partial charge in [-0.05, 0) is 31.4 Å². The number of rotatable bonds is 3. The van der Waals surface area contributed by atoms with Crippen molar-refractivity contribution in [3.05, 3.63) is 23.8 Å². The third kappa shape index (κ3) is 2.66. The van der Waals surface area contributed by atoms with Crippen molar-refractivity contribution in [3.8, 4) is 11.5 Å². The number of amides is 1. The van der Waals surface area contributed by atoms with Crippen LogP contribution in [-0.4, -0.2) is 45.2 Å². The molecule has 0 spiro atoms. The van der Waals surface area contributed by atoms with Gasteiger partial charge in [-0.25, -0.2) is 0 Å². The fourth-order valence-corrected chi connectivity index (χ4v) is 2.73. The van der Waals surface area contributed by atoms with E-state index in [1.54, 1.807) is 0 Å². The maximum absolute atomic E-state index is 12.3. The Kier molecular flexibility index (Phi) is 4.06. The number of aromatic hydroxyl groups is 2. The second-order valence-electron chi connectivity index (χ2n) is 5.40. The highest BCUT2D eigenvalue weighted by Crippen LogP contribution is 2.36. The predicted molar refractivity (Wildman–Crippen MR) is 75.3 cm³/mol. The second kappa shape index (κ2) is 5.63. The number of para-hydroxylation sites is 1. The molecule has 0 saturated carbocycles. The topological polar surface area (TPSA) is 98.1 Å². The maximum Gasteiger partial charge on any atom is 0.309 e. The number of phenols is 2. The lowest BCUT2D eigenvalue weighted by atomic mass is 9.76. The van der Waals surface area contributed by atoms with Crippen molar-refractivity contribution in [2.75, 3.05) is 13.1 Å². The Labute approximate surface area is 122 Å². The van der Waals surface area contributed by atoms with Crippen molar-refractivity contribution in [2.45, 2.75) is 26.2 Å². The molecule has 1 amide bonds. The normalized spacial score (nSPS) is 17.5. The first-order valence-corrected chi connectivity index (χ1v) is 6.95. The summed E-state index contributed by atoms with van der Waals surface area (Å²) < 4.78 is 0. The average molecular weight is 293 g/mol. The zero-order valence-electron chi connectivity index (χ0n) is 11.9. The van der Waals surface area contributed by atoms with Crippen LogP contribution in [0.25, 0.3) is 0 Å². The zero-order valence-corrected chi connectivity index (χ0v) is 11.9. The first kappa shape index (κ1) is 15.2. The number of carbonyl (C=O) groups is 2. The summed E-state index contributed by atoms with van der Waals surface area (Å²) in [5.74, 6) is -1.99. The molecule has 1 aromatic carbocycles. The number of phenolic OH excluding ortho intramolecular Hbond substituents is 2. The van der Waals surface area contributed by atoms with E-state index in [4.69, 9.17) is 0 Å². The number of nitrogens with zero attached hydrogens (tertiary/aromatic N) is 1. The maximum atomic E-state index is 12.3. The fraction of sp³-hybridized carbons (Fsp3) is 0.467. The summed E-state index contributed by atoms with van der Waals surface area (Å²) in [6.45, 7) is 2.49. The van der Waals surface area contributed by atoms with E-state index in [1.807, 2.05) is 6.92 Å². The fourth-order valence-electron chi connectivity index (χ4n) is 2.73. The SMILES string of the molecule is CCC1(C(=O)O)CCN(C(=O)c2cccc(O)c2O)CC1. The minimum Gasteiger partial charge on any atom is -0.504 e. The predicted octanol–water partition coefficient (Wildman–Crippen LogP) is 1.81. The molecule has 0 aromatic heterocycles. The summed E-state index contributed by atoms with van der Waals surface area (Å²) in [5.41, 5.74) is -0.730. The summed E-state index contributed by atoms with van der Waals surface area (Å²) in [7, 11) is 0. The number of benzene rings is 1. The van der Waals surface area contributed by atoms with Gasteiger partial charge in [0.25, 0.3) is 5.91 Å². The van der Waals surface area contributed by atoms with E-state index < -0.39 is 23.0 Å². The van der Waals surface area contributed by atoms with Crippen molar-refractivity contribution in [1.29, 1.82) is 0 Å². The second-order valence-corrected chi connectivity index (χ2v) is 5.40. The number of hydrogen-bond acceptors (Lipinski definition) is 4. The Morgan fingerprint density at radius 2 is 1.86 bits per heavy atom. The van der Waals surface area contributed by atoms with Crippen LogP contribution < -0.4 is 0 Å². The van der Waals surface area contributed by atoms with Crippen LogP contribution in [0.5, 0.6) is 11.5 Å². The van der Waals surface area contributed by atoms with Crippen LogP contribution in [-0.2, 0) is 4.79 Å². The van der Waals surface area contributed by atoms with E-state index >= 15 is 0 Å². The van der Waals surface area contributed by atoms with Gasteiger partial charge < -0.3 is 20.2 Å². The minimum atomic E-state index is -0.822. The standard InChI is InChI=1S/C15H19NO5/c1-2-15(14(20)21)6-8-16(9-7-15)13(19)10-4-3-5-11(17)12(10)18/h3-5,17-18H,2,6-9H2,1H3,(H,20,21). The van der Waals surface area contributed by atoms with E-state index in [0.29, 0.717) is 32.4 Å². The number of carboxylic acids is 1. The van der Waals surface area contributed by atoms with Crippen LogP contribution >= 0.6 is 0 Å². The molecule has 1 heterocycles. The molecule has 0 atom stereocenters. The summed E-state index contributed by atoms with van der Waals surface area (Å²) in [5, 5.41) is 28.5. The Balaban J connectivity index is 2.14. The molecular weight excluding hydrogens is 274 g/mol. The van der Waals surface area contributed by atoms with Gasteiger partial charge in [0.05, 0.1) is 11.0 Å².